The summed E-state index contributed by atoms with van der Waals surface area (Å²) in [6.45, 7) is 10.9. The average molecular weight is 340 g/mol. The molecule has 2 rings (SSSR count). The highest BCUT2D eigenvalue weighted by Gasteiger charge is 2.38. The molecule has 1 amide bonds. The second-order valence-electron chi connectivity index (χ2n) is 8.44. The van der Waals surface area contributed by atoms with Gasteiger partial charge in [0.2, 0.25) is 5.91 Å². The van der Waals surface area contributed by atoms with Crippen LogP contribution in [0.5, 0.6) is 0 Å². The maximum absolute atomic E-state index is 13.0. The monoisotopic (exact) mass is 339 g/mol. The van der Waals surface area contributed by atoms with Gasteiger partial charge < -0.3 is 15.0 Å². The highest BCUT2D eigenvalue weighted by Crippen LogP contribution is 2.33. The molecule has 2 fully saturated rings. The predicted octanol–water partition coefficient (Wildman–Crippen LogP) is 2.11. The fourth-order valence-electron chi connectivity index (χ4n) is 4.51. The van der Waals surface area contributed by atoms with E-state index in [1.807, 2.05) is 0 Å². The summed E-state index contributed by atoms with van der Waals surface area (Å²) in [5.74, 6) is 0.473. The predicted molar refractivity (Wildman–Crippen MR) is 98.1 cm³/mol. The van der Waals surface area contributed by atoms with Crippen LogP contribution in [0.1, 0.15) is 53.4 Å². The fourth-order valence-corrected chi connectivity index (χ4v) is 4.51. The molecule has 0 aromatic carbocycles. The van der Waals surface area contributed by atoms with Crippen LogP contribution in [0, 0.1) is 5.92 Å². The average Bonchev–Trinajstić information content (AvgIpc) is 2.94. The van der Waals surface area contributed by atoms with E-state index in [-0.39, 0.29) is 29.7 Å². The Labute approximate surface area is 148 Å². The van der Waals surface area contributed by atoms with E-state index < -0.39 is 0 Å². The Morgan fingerprint density at radius 1 is 1.21 bits per heavy atom. The molecule has 2 aliphatic rings. The topological polar surface area (TPSA) is 44.8 Å². The molecule has 3 atom stereocenters. The van der Waals surface area contributed by atoms with Gasteiger partial charge in [-0.3, -0.25) is 9.69 Å². The lowest BCUT2D eigenvalue weighted by molar-refractivity contribution is -0.136. The molecule has 1 heterocycles. The number of hydrogen-bond acceptors (Lipinski definition) is 4. The lowest BCUT2D eigenvalue weighted by atomic mass is 9.94. The van der Waals surface area contributed by atoms with Crippen molar-refractivity contribution in [1.29, 1.82) is 0 Å². The fraction of sp³-hybridized carbons (Fsp3) is 0.947. The van der Waals surface area contributed by atoms with Crippen molar-refractivity contribution in [2.24, 2.45) is 5.92 Å². The maximum Gasteiger partial charge on any atom is 0.237 e. The van der Waals surface area contributed by atoms with Gasteiger partial charge in [-0.1, -0.05) is 26.7 Å². The van der Waals surface area contributed by atoms with Gasteiger partial charge in [0.25, 0.3) is 0 Å². The molecule has 1 saturated carbocycles. The zero-order valence-corrected chi connectivity index (χ0v) is 16.5. The van der Waals surface area contributed by atoms with Gasteiger partial charge in [-0.25, -0.2) is 0 Å². The van der Waals surface area contributed by atoms with Gasteiger partial charge in [0.05, 0.1) is 18.2 Å². The number of ether oxygens (including phenoxy) is 1. The van der Waals surface area contributed by atoms with Crippen molar-refractivity contribution in [3.63, 3.8) is 0 Å². The van der Waals surface area contributed by atoms with Gasteiger partial charge in [0.15, 0.2) is 0 Å². The van der Waals surface area contributed by atoms with Crippen molar-refractivity contribution in [2.45, 2.75) is 77.2 Å². The van der Waals surface area contributed by atoms with Crippen LogP contribution < -0.4 is 5.32 Å². The maximum atomic E-state index is 13.0. The van der Waals surface area contributed by atoms with Crippen LogP contribution in [0.25, 0.3) is 0 Å². The molecule has 5 heteroatoms. The molecule has 1 aliphatic heterocycles. The van der Waals surface area contributed by atoms with E-state index in [1.165, 1.54) is 25.7 Å². The first kappa shape index (κ1) is 19.7. The van der Waals surface area contributed by atoms with E-state index in [4.69, 9.17) is 4.74 Å². The number of likely N-dealkylation sites (N-methyl/N-ethyl adjacent to an activating group) is 1. The summed E-state index contributed by atoms with van der Waals surface area (Å²) in [7, 11) is 4.28. The van der Waals surface area contributed by atoms with Gasteiger partial charge in [-0.05, 0) is 46.7 Å². The molecule has 1 N–H and O–H groups in total. The van der Waals surface area contributed by atoms with Gasteiger partial charge in [0.1, 0.15) is 0 Å². The van der Waals surface area contributed by atoms with Crippen molar-refractivity contribution in [1.82, 2.24) is 15.1 Å². The van der Waals surface area contributed by atoms with Crippen molar-refractivity contribution >= 4 is 5.91 Å². The summed E-state index contributed by atoms with van der Waals surface area (Å²) in [4.78, 5) is 17.6. The van der Waals surface area contributed by atoms with Crippen LogP contribution in [0.4, 0.5) is 0 Å². The standard InChI is InChI=1S/C19H37N3O2/c1-14(2)17(22-11-15(3)24-16(4)12-22)18(23)20-13-19(21(5)6)9-7-8-10-19/h14-17H,7-13H2,1-6H3,(H,20,23). The largest absolute Gasteiger partial charge is 0.373 e. The summed E-state index contributed by atoms with van der Waals surface area (Å²) >= 11 is 0. The van der Waals surface area contributed by atoms with Crippen molar-refractivity contribution in [3.8, 4) is 0 Å². The minimum absolute atomic E-state index is 0.0700. The van der Waals surface area contributed by atoms with Crippen LogP contribution in [0.15, 0.2) is 0 Å². The quantitative estimate of drug-likeness (QED) is 0.805. The Morgan fingerprint density at radius 3 is 2.21 bits per heavy atom. The Hall–Kier alpha value is -0.650. The van der Waals surface area contributed by atoms with E-state index in [1.54, 1.807) is 0 Å². The second kappa shape index (κ2) is 8.15. The van der Waals surface area contributed by atoms with Gasteiger partial charge in [-0.15, -0.1) is 0 Å². The summed E-state index contributed by atoms with van der Waals surface area (Å²) in [6.07, 6.45) is 5.26. The van der Waals surface area contributed by atoms with Crippen LogP contribution in [0.3, 0.4) is 0 Å². The molecular weight excluding hydrogens is 302 g/mol. The van der Waals surface area contributed by atoms with Crippen molar-refractivity contribution in [3.05, 3.63) is 0 Å². The summed E-state index contributed by atoms with van der Waals surface area (Å²) in [6, 6.07) is -0.0700. The van der Waals surface area contributed by atoms with E-state index in [9.17, 15) is 4.79 Å². The first-order valence-electron chi connectivity index (χ1n) is 9.60. The number of carbonyl (C=O) groups excluding carboxylic acids is 1. The first-order chi connectivity index (χ1) is 11.2. The van der Waals surface area contributed by atoms with Gasteiger partial charge in [0, 0.05) is 25.2 Å². The third kappa shape index (κ3) is 4.50. The Balaban J connectivity index is 2.01. The molecule has 0 radical (unpaired) electrons. The van der Waals surface area contributed by atoms with Crippen molar-refractivity contribution < 1.29 is 9.53 Å². The number of morpholine rings is 1. The number of amides is 1. The lowest BCUT2D eigenvalue weighted by Crippen LogP contribution is -2.59. The van der Waals surface area contributed by atoms with E-state index >= 15 is 0 Å². The highest BCUT2D eigenvalue weighted by atomic mass is 16.5. The Bertz CT molecular complexity index is 409. The van der Waals surface area contributed by atoms with Gasteiger partial charge >= 0.3 is 0 Å². The Kier molecular flexibility index (Phi) is 6.68. The summed E-state index contributed by atoms with van der Waals surface area (Å²) in [5.41, 5.74) is 0.142. The SMILES string of the molecule is CC1CN(C(C(=O)NCC2(N(C)C)CCCC2)C(C)C)CC(C)O1. The molecule has 140 valence electrons. The number of hydrogen-bond donors (Lipinski definition) is 1. The lowest BCUT2D eigenvalue weighted by Gasteiger charge is -2.42. The Morgan fingerprint density at radius 2 is 1.75 bits per heavy atom. The van der Waals surface area contributed by atoms with E-state index in [0.717, 1.165) is 19.6 Å². The summed E-state index contributed by atoms with van der Waals surface area (Å²) < 4.78 is 5.83. The third-order valence-electron chi connectivity index (χ3n) is 5.82. The highest BCUT2D eigenvalue weighted by molar-refractivity contribution is 5.82. The van der Waals surface area contributed by atoms with Crippen LogP contribution >= 0.6 is 0 Å². The molecule has 0 spiro atoms. The number of nitrogens with zero attached hydrogens (tertiary/aromatic N) is 2. The zero-order chi connectivity index (χ0) is 17.9. The molecule has 0 aromatic rings. The minimum Gasteiger partial charge on any atom is -0.373 e. The molecule has 5 nitrogen and oxygen atoms in total. The van der Waals surface area contributed by atoms with Crippen LogP contribution in [0.2, 0.25) is 0 Å². The third-order valence-corrected chi connectivity index (χ3v) is 5.82. The molecular formula is C19H37N3O2. The molecule has 1 aliphatic carbocycles. The first-order valence-corrected chi connectivity index (χ1v) is 9.60. The zero-order valence-electron chi connectivity index (χ0n) is 16.5. The molecule has 24 heavy (non-hydrogen) atoms. The second-order valence-corrected chi connectivity index (χ2v) is 8.44. The molecule has 3 unspecified atom stereocenters. The van der Waals surface area contributed by atoms with Crippen LogP contribution in [-0.2, 0) is 9.53 Å². The number of carbonyl (C=O) groups is 1. The molecule has 1 saturated heterocycles. The van der Waals surface area contributed by atoms with Crippen LogP contribution in [-0.4, -0.2) is 73.2 Å². The van der Waals surface area contributed by atoms with Gasteiger partial charge in [-0.2, -0.15) is 0 Å². The van der Waals surface area contributed by atoms with E-state index in [0.29, 0.717) is 5.92 Å². The molecule has 0 bridgehead atoms. The molecule has 0 aromatic heterocycles. The smallest absolute Gasteiger partial charge is 0.237 e. The minimum atomic E-state index is -0.0700. The number of nitrogens with one attached hydrogen (secondary N) is 1. The number of rotatable bonds is 6. The van der Waals surface area contributed by atoms with Crippen molar-refractivity contribution in [2.75, 3.05) is 33.7 Å². The summed E-state index contributed by atoms with van der Waals surface area (Å²) in [5, 5.41) is 3.29. The normalized spacial score (nSPS) is 29.2. The van der Waals surface area contributed by atoms with E-state index in [2.05, 4.69) is 56.9 Å².